The van der Waals surface area contributed by atoms with Crippen LogP contribution in [0.25, 0.3) is 0 Å². The predicted molar refractivity (Wildman–Crippen MR) is 68.9 cm³/mol. The minimum absolute atomic E-state index is 0.182. The lowest BCUT2D eigenvalue weighted by atomic mass is 10.0. The Hall–Kier alpha value is -1.06. The molecule has 0 aliphatic rings. The zero-order valence-electron chi connectivity index (χ0n) is 10.4. The van der Waals surface area contributed by atoms with Gasteiger partial charge in [0.15, 0.2) is 0 Å². The fraction of sp³-hybridized carbons (Fsp3) is 0.462. The van der Waals surface area contributed by atoms with Crippen LogP contribution in [0.1, 0.15) is 19.4 Å². The van der Waals surface area contributed by atoms with Gasteiger partial charge in [-0.1, -0.05) is 37.6 Å². The van der Waals surface area contributed by atoms with Crippen LogP contribution >= 0.6 is 11.6 Å². The molecule has 0 bridgehead atoms. The second-order valence-electron chi connectivity index (χ2n) is 4.26. The molecular weight excluding hydrogens is 238 g/mol. The van der Waals surface area contributed by atoms with Crippen molar-refractivity contribution in [3.05, 3.63) is 34.9 Å². The van der Waals surface area contributed by atoms with E-state index >= 15 is 0 Å². The molecule has 1 unspecified atom stereocenters. The van der Waals surface area contributed by atoms with E-state index in [-0.39, 0.29) is 17.9 Å². The van der Waals surface area contributed by atoms with Gasteiger partial charge in [0.1, 0.15) is 6.04 Å². The summed E-state index contributed by atoms with van der Waals surface area (Å²) in [4.78, 5) is 11.5. The van der Waals surface area contributed by atoms with Gasteiger partial charge in [0, 0.05) is 11.6 Å². The number of esters is 1. The summed E-state index contributed by atoms with van der Waals surface area (Å²) in [6.07, 6.45) is 0. The SMILES string of the molecule is COC(=O)C(NCc1cccc(Cl)c1)C(C)C. The van der Waals surface area contributed by atoms with Crippen LogP contribution in [0.2, 0.25) is 5.02 Å². The van der Waals surface area contributed by atoms with Gasteiger partial charge >= 0.3 is 5.97 Å². The second kappa shape index (κ2) is 6.62. The van der Waals surface area contributed by atoms with E-state index < -0.39 is 0 Å². The number of carbonyl (C=O) groups is 1. The van der Waals surface area contributed by atoms with Crippen molar-refractivity contribution in [2.24, 2.45) is 5.92 Å². The highest BCUT2D eigenvalue weighted by molar-refractivity contribution is 6.30. The third-order valence-electron chi connectivity index (χ3n) is 2.54. The summed E-state index contributed by atoms with van der Waals surface area (Å²) in [6.45, 7) is 4.55. The zero-order valence-corrected chi connectivity index (χ0v) is 11.1. The molecule has 1 aromatic carbocycles. The summed E-state index contributed by atoms with van der Waals surface area (Å²) < 4.78 is 4.76. The topological polar surface area (TPSA) is 38.3 Å². The lowest BCUT2D eigenvalue weighted by Gasteiger charge is -2.19. The average Bonchev–Trinajstić information content (AvgIpc) is 2.28. The number of rotatable bonds is 5. The van der Waals surface area contributed by atoms with E-state index in [1.807, 2.05) is 38.1 Å². The van der Waals surface area contributed by atoms with Crippen LogP contribution in [0.4, 0.5) is 0 Å². The molecular formula is C13H18ClNO2. The van der Waals surface area contributed by atoms with Gasteiger partial charge in [-0.25, -0.2) is 0 Å². The molecule has 0 heterocycles. The summed E-state index contributed by atoms with van der Waals surface area (Å²) in [5, 5.41) is 3.88. The van der Waals surface area contributed by atoms with E-state index in [9.17, 15) is 4.79 Å². The number of ether oxygens (including phenoxy) is 1. The first-order chi connectivity index (χ1) is 8.04. The van der Waals surface area contributed by atoms with Crippen molar-refractivity contribution in [3.8, 4) is 0 Å². The summed E-state index contributed by atoms with van der Waals surface area (Å²) in [6, 6.07) is 7.27. The molecule has 94 valence electrons. The van der Waals surface area contributed by atoms with Gasteiger partial charge in [-0.3, -0.25) is 4.79 Å². The number of hydrogen-bond donors (Lipinski definition) is 1. The molecule has 3 nitrogen and oxygen atoms in total. The third-order valence-corrected chi connectivity index (χ3v) is 2.77. The van der Waals surface area contributed by atoms with Crippen LogP contribution in [0.5, 0.6) is 0 Å². The van der Waals surface area contributed by atoms with Crippen molar-refractivity contribution >= 4 is 17.6 Å². The Labute approximate surface area is 107 Å². The van der Waals surface area contributed by atoms with E-state index in [4.69, 9.17) is 16.3 Å². The molecule has 0 aliphatic carbocycles. The molecule has 0 saturated heterocycles. The summed E-state index contributed by atoms with van der Waals surface area (Å²) >= 11 is 5.89. The number of halogens is 1. The quantitative estimate of drug-likeness (QED) is 0.822. The average molecular weight is 256 g/mol. The molecule has 1 aromatic rings. The Kier molecular flexibility index (Phi) is 5.45. The van der Waals surface area contributed by atoms with E-state index in [0.717, 1.165) is 5.56 Å². The smallest absolute Gasteiger partial charge is 0.323 e. The van der Waals surface area contributed by atoms with Crippen molar-refractivity contribution < 1.29 is 9.53 Å². The van der Waals surface area contributed by atoms with Gasteiger partial charge in [-0.05, 0) is 23.6 Å². The number of hydrogen-bond acceptors (Lipinski definition) is 3. The second-order valence-corrected chi connectivity index (χ2v) is 4.69. The maximum absolute atomic E-state index is 11.5. The molecule has 0 amide bonds. The zero-order chi connectivity index (χ0) is 12.8. The molecule has 0 radical (unpaired) electrons. The molecule has 0 aromatic heterocycles. The fourth-order valence-corrected chi connectivity index (χ4v) is 1.81. The van der Waals surface area contributed by atoms with Crippen LogP contribution in [0.3, 0.4) is 0 Å². The van der Waals surface area contributed by atoms with Gasteiger partial charge in [0.25, 0.3) is 0 Å². The number of nitrogens with one attached hydrogen (secondary N) is 1. The van der Waals surface area contributed by atoms with Crippen LogP contribution in [0.15, 0.2) is 24.3 Å². The molecule has 0 fully saturated rings. The van der Waals surface area contributed by atoms with Gasteiger partial charge in [0.2, 0.25) is 0 Å². The highest BCUT2D eigenvalue weighted by Gasteiger charge is 2.21. The van der Waals surface area contributed by atoms with Crippen LogP contribution in [-0.2, 0) is 16.1 Å². The van der Waals surface area contributed by atoms with Crippen molar-refractivity contribution in [1.82, 2.24) is 5.32 Å². The molecule has 17 heavy (non-hydrogen) atoms. The van der Waals surface area contributed by atoms with Crippen LogP contribution in [-0.4, -0.2) is 19.1 Å². The third kappa shape index (κ3) is 4.36. The first kappa shape index (κ1) is 14.0. The Bertz CT molecular complexity index is 379. The van der Waals surface area contributed by atoms with Gasteiger partial charge in [-0.2, -0.15) is 0 Å². The lowest BCUT2D eigenvalue weighted by Crippen LogP contribution is -2.41. The standard InChI is InChI=1S/C13H18ClNO2/c1-9(2)12(13(16)17-3)15-8-10-5-4-6-11(14)7-10/h4-7,9,12,15H,8H2,1-3H3. The van der Waals surface area contributed by atoms with Crippen molar-refractivity contribution in [3.63, 3.8) is 0 Å². The Morgan fingerprint density at radius 2 is 2.18 bits per heavy atom. The van der Waals surface area contributed by atoms with E-state index in [0.29, 0.717) is 11.6 Å². The molecule has 0 aliphatic heterocycles. The van der Waals surface area contributed by atoms with Gasteiger partial charge < -0.3 is 10.1 Å². The van der Waals surface area contributed by atoms with Crippen LogP contribution < -0.4 is 5.32 Å². The number of methoxy groups -OCH3 is 1. The molecule has 0 saturated carbocycles. The first-order valence-corrected chi connectivity index (χ1v) is 5.98. The van der Waals surface area contributed by atoms with E-state index in [2.05, 4.69) is 5.32 Å². The summed E-state index contributed by atoms with van der Waals surface area (Å²) in [7, 11) is 1.40. The summed E-state index contributed by atoms with van der Waals surface area (Å²) in [5.74, 6) is -0.0522. The van der Waals surface area contributed by atoms with Gasteiger partial charge in [0.05, 0.1) is 7.11 Å². The highest BCUT2D eigenvalue weighted by atomic mass is 35.5. The van der Waals surface area contributed by atoms with E-state index in [1.165, 1.54) is 7.11 Å². The van der Waals surface area contributed by atoms with Gasteiger partial charge in [-0.15, -0.1) is 0 Å². The molecule has 1 rings (SSSR count). The van der Waals surface area contributed by atoms with Crippen LogP contribution in [0, 0.1) is 5.92 Å². The lowest BCUT2D eigenvalue weighted by molar-refractivity contribution is -0.144. The number of benzene rings is 1. The maximum atomic E-state index is 11.5. The normalized spacial score (nSPS) is 12.5. The van der Waals surface area contributed by atoms with Crippen molar-refractivity contribution in [2.45, 2.75) is 26.4 Å². The molecule has 0 spiro atoms. The maximum Gasteiger partial charge on any atom is 0.323 e. The Morgan fingerprint density at radius 3 is 2.71 bits per heavy atom. The molecule has 1 N–H and O–H groups in total. The summed E-state index contributed by atoms with van der Waals surface area (Å²) in [5.41, 5.74) is 1.05. The molecule has 1 atom stereocenters. The van der Waals surface area contributed by atoms with Crippen molar-refractivity contribution in [2.75, 3.05) is 7.11 Å². The first-order valence-electron chi connectivity index (χ1n) is 5.60. The predicted octanol–water partition coefficient (Wildman–Crippen LogP) is 2.63. The molecule has 4 heteroatoms. The monoisotopic (exact) mass is 255 g/mol. The Morgan fingerprint density at radius 1 is 1.47 bits per heavy atom. The minimum atomic E-state index is -0.293. The minimum Gasteiger partial charge on any atom is -0.468 e. The van der Waals surface area contributed by atoms with Crippen molar-refractivity contribution in [1.29, 1.82) is 0 Å². The fourth-order valence-electron chi connectivity index (χ4n) is 1.59. The largest absolute Gasteiger partial charge is 0.468 e. The number of carbonyl (C=O) groups excluding carboxylic acids is 1. The van der Waals surface area contributed by atoms with E-state index in [1.54, 1.807) is 0 Å². The highest BCUT2D eigenvalue weighted by Crippen LogP contribution is 2.11. The Balaban J connectivity index is 2.61.